The molecule has 1 saturated carbocycles. The number of hydrogen-bond acceptors (Lipinski definition) is 9. The van der Waals surface area contributed by atoms with Gasteiger partial charge in [-0.05, 0) is 51.0 Å². The summed E-state index contributed by atoms with van der Waals surface area (Å²) in [6.45, 7) is 7.96. The van der Waals surface area contributed by atoms with Crippen LogP contribution in [0.5, 0.6) is 17.2 Å². The quantitative estimate of drug-likeness (QED) is 0.484. The summed E-state index contributed by atoms with van der Waals surface area (Å²) in [7, 11) is 0. The van der Waals surface area contributed by atoms with Gasteiger partial charge in [-0.3, -0.25) is 9.78 Å². The van der Waals surface area contributed by atoms with Crippen molar-refractivity contribution in [1.29, 1.82) is 0 Å². The van der Waals surface area contributed by atoms with E-state index in [1.807, 2.05) is 26.1 Å². The van der Waals surface area contributed by atoms with Gasteiger partial charge in [0.15, 0.2) is 11.6 Å². The highest BCUT2D eigenvalue weighted by Gasteiger charge is 2.54. The molecule has 2 atom stereocenters. The van der Waals surface area contributed by atoms with Crippen LogP contribution in [0.4, 0.5) is 10.2 Å². The van der Waals surface area contributed by atoms with Crippen LogP contribution < -0.4 is 19.7 Å². The number of carbonyl (C=O) groups excluding carboxylic acids is 1. The van der Waals surface area contributed by atoms with Crippen molar-refractivity contribution in [2.24, 2.45) is 5.41 Å². The molecule has 214 valence electrons. The second-order valence-electron chi connectivity index (χ2n) is 11.7. The molecule has 7 rings (SSSR count). The van der Waals surface area contributed by atoms with Crippen LogP contribution in [0.25, 0.3) is 0 Å². The van der Waals surface area contributed by atoms with Crippen molar-refractivity contribution in [3.63, 3.8) is 0 Å². The van der Waals surface area contributed by atoms with Crippen LogP contribution in [0.2, 0.25) is 0 Å². The molecule has 5 heterocycles. The van der Waals surface area contributed by atoms with Gasteiger partial charge in [0.05, 0.1) is 42.8 Å². The number of pyridine rings is 1. The Morgan fingerprint density at radius 1 is 1.07 bits per heavy atom. The van der Waals surface area contributed by atoms with Crippen LogP contribution >= 0.6 is 0 Å². The lowest BCUT2D eigenvalue weighted by molar-refractivity contribution is -0.0348. The van der Waals surface area contributed by atoms with Gasteiger partial charge >= 0.3 is 0 Å². The van der Waals surface area contributed by atoms with Crippen molar-refractivity contribution >= 4 is 11.7 Å². The van der Waals surface area contributed by atoms with E-state index in [0.717, 1.165) is 50.5 Å². The first-order valence-corrected chi connectivity index (χ1v) is 14.2. The molecule has 2 saturated heterocycles. The predicted octanol–water partition coefficient (Wildman–Crippen LogP) is 3.70. The van der Waals surface area contributed by atoms with Gasteiger partial charge in [0.1, 0.15) is 29.7 Å². The number of amides is 1. The fourth-order valence-corrected chi connectivity index (χ4v) is 6.65. The number of rotatable bonds is 6. The molecule has 1 aliphatic carbocycles. The van der Waals surface area contributed by atoms with Crippen molar-refractivity contribution in [1.82, 2.24) is 25.2 Å². The fraction of sp³-hybridized carbons (Fsp3) is 0.467. The summed E-state index contributed by atoms with van der Waals surface area (Å²) in [4.78, 5) is 30.6. The minimum atomic E-state index is -0.502. The summed E-state index contributed by atoms with van der Waals surface area (Å²) in [6.07, 6.45) is 7.04. The zero-order valence-corrected chi connectivity index (χ0v) is 23.2. The molecule has 0 bridgehead atoms. The lowest BCUT2D eigenvalue weighted by Gasteiger charge is -2.58. The van der Waals surface area contributed by atoms with Crippen molar-refractivity contribution < 1.29 is 23.4 Å². The lowest BCUT2D eigenvalue weighted by Crippen LogP contribution is -2.65. The monoisotopic (exact) mass is 560 g/mol. The minimum Gasteiger partial charge on any atom is -0.490 e. The SMILES string of the molecule is C[C@@H]1COC[C@H](C)N1C(=O)c1cc(F)ccc1Oc1cncnc1N1CC2(CC(Oc3ccnc4c3CNC4)C2)C1. The zero-order chi connectivity index (χ0) is 28.1. The number of ether oxygens (including phenoxy) is 3. The first-order valence-electron chi connectivity index (χ1n) is 14.2. The summed E-state index contributed by atoms with van der Waals surface area (Å²) >= 11 is 0. The van der Waals surface area contributed by atoms with Gasteiger partial charge in [-0.1, -0.05) is 0 Å². The van der Waals surface area contributed by atoms with Crippen LogP contribution in [0.1, 0.15) is 48.3 Å². The lowest BCUT2D eigenvalue weighted by atomic mass is 9.61. The Kier molecular flexibility index (Phi) is 6.50. The number of nitrogens with one attached hydrogen (secondary N) is 1. The molecular formula is C30H33FN6O4. The van der Waals surface area contributed by atoms with Crippen LogP contribution in [-0.4, -0.2) is 70.2 Å². The summed E-state index contributed by atoms with van der Waals surface area (Å²) in [6, 6.07) is 5.71. The van der Waals surface area contributed by atoms with Crippen molar-refractivity contribution in [3.05, 3.63) is 65.6 Å². The number of hydrogen-bond donors (Lipinski definition) is 1. The summed E-state index contributed by atoms with van der Waals surface area (Å²) in [5, 5.41) is 3.34. The third-order valence-electron chi connectivity index (χ3n) is 8.62. The maximum Gasteiger partial charge on any atom is 0.258 e. The van der Waals surface area contributed by atoms with Gasteiger partial charge in [-0.25, -0.2) is 14.4 Å². The van der Waals surface area contributed by atoms with Crippen molar-refractivity contribution in [2.45, 2.75) is 58.0 Å². The first-order chi connectivity index (χ1) is 19.9. The zero-order valence-electron chi connectivity index (χ0n) is 23.2. The number of fused-ring (bicyclic) bond motifs is 1. The van der Waals surface area contributed by atoms with E-state index in [0.29, 0.717) is 24.8 Å². The van der Waals surface area contributed by atoms with Gasteiger partial charge in [-0.15, -0.1) is 0 Å². The van der Waals surface area contributed by atoms with Gasteiger partial charge in [-0.2, -0.15) is 0 Å². The van der Waals surface area contributed by atoms with E-state index in [1.54, 1.807) is 11.1 Å². The Morgan fingerprint density at radius 2 is 1.88 bits per heavy atom. The number of anilines is 1. The normalized spacial score (nSPS) is 23.1. The average Bonchev–Trinajstić information content (AvgIpc) is 3.40. The Balaban J connectivity index is 1.04. The van der Waals surface area contributed by atoms with Gasteiger partial charge < -0.3 is 29.3 Å². The molecule has 3 aromatic rings. The number of nitrogens with zero attached hydrogens (tertiary/aromatic N) is 5. The Labute approximate surface area is 237 Å². The standard InChI is InChI=1S/C30H33FN6O4/c1-18-13-39-14-19(2)37(18)29(38)22-7-20(31)3-4-25(22)41-27-12-33-17-35-28(27)36-15-30(16-36)8-21(9-30)40-26-5-6-34-24-11-32-10-23(24)26/h3-7,12,17-19,21,32H,8-11,13-16H2,1-2H3/t18-,19+. The number of aromatic nitrogens is 3. The molecule has 0 radical (unpaired) electrons. The van der Waals surface area contributed by atoms with Crippen LogP contribution in [-0.2, 0) is 17.8 Å². The molecule has 1 aromatic carbocycles. The van der Waals surface area contributed by atoms with Crippen LogP contribution in [0.3, 0.4) is 0 Å². The summed E-state index contributed by atoms with van der Waals surface area (Å²) in [5.74, 6) is 1.50. The van der Waals surface area contributed by atoms with Crippen molar-refractivity contribution in [2.75, 3.05) is 31.2 Å². The molecule has 0 unspecified atom stereocenters. The van der Waals surface area contributed by atoms with Crippen LogP contribution in [0, 0.1) is 11.2 Å². The predicted molar refractivity (Wildman–Crippen MR) is 147 cm³/mol. The molecule has 41 heavy (non-hydrogen) atoms. The number of halogens is 1. The molecule has 1 N–H and O–H groups in total. The van der Waals surface area contributed by atoms with E-state index >= 15 is 0 Å². The average molecular weight is 561 g/mol. The molecule has 2 aromatic heterocycles. The highest BCUT2D eigenvalue weighted by Crippen LogP contribution is 2.52. The van der Waals surface area contributed by atoms with Gasteiger partial charge in [0.25, 0.3) is 5.91 Å². The number of carbonyl (C=O) groups is 1. The fourth-order valence-electron chi connectivity index (χ4n) is 6.65. The molecular weight excluding hydrogens is 527 g/mol. The Hall–Kier alpha value is -3.83. The first kappa shape index (κ1) is 26.1. The second-order valence-corrected chi connectivity index (χ2v) is 11.7. The molecule has 4 aliphatic rings. The van der Waals surface area contributed by atoms with E-state index in [2.05, 4.69) is 25.2 Å². The topological polar surface area (TPSA) is 102 Å². The highest BCUT2D eigenvalue weighted by atomic mass is 19.1. The van der Waals surface area contributed by atoms with Gasteiger partial charge in [0.2, 0.25) is 0 Å². The molecule has 1 spiro atoms. The summed E-state index contributed by atoms with van der Waals surface area (Å²) < 4.78 is 32.5. The van der Waals surface area contributed by atoms with E-state index in [9.17, 15) is 9.18 Å². The largest absolute Gasteiger partial charge is 0.490 e. The maximum absolute atomic E-state index is 14.3. The van der Waals surface area contributed by atoms with E-state index in [-0.39, 0.29) is 40.8 Å². The van der Waals surface area contributed by atoms with Gasteiger partial charge in [0, 0.05) is 43.4 Å². The molecule has 10 nitrogen and oxygen atoms in total. The Morgan fingerprint density at radius 3 is 2.68 bits per heavy atom. The molecule has 3 fully saturated rings. The third-order valence-corrected chi connectivity index (χ3v) is 8.62. The smallest absolute Gasteiger partial charge is 0.258 e. The second kappa shape index (κ2) is 10.2. The van der Waals surface area contributed by atoms with E-state index in [1.165, 1.54) is 30.1 Å². The summed E-state index contributed by atoms with van der Waals surface area (Å²) in [5.41, 5.74) is 2.59. The highest BCUT2D eigenvalue weighted by molar-refractivity contribution is 5.97. The van der Waals surface area contributed by atoms with E-state index < -0.39 is 5.82 Å². The third kappa shape index (κ3) is 4.76. The molecule has 1 amide bonds. The Bertz CT molecular complexity index is 1460. The number of benzene rings is 1. The maximum atomic E-state index is 14.3. The van der Waals surface area contributed by atoms with Crippen molar-refractivity contribution in [3.8, 4) is 17.2 Å². The molecule has 3 aliphatic heterocycles. The minimum absolute atomic E-state index is 0.137. The molecule has 11 heteroatoms. The number of morpholine rings is 1. The van der Waals surface area contributed by atoms with E-state index in [4.69, 9.17) is 14.2 Å². The van der Waals surface area contributed by atoms with Crippen LogP contribution in [0.15, 0.2) is 43.0 Å².